The molecule has 1 fully saturated rings. The molecule has 1 aromatic heterocycles. The Morgan fingerprint density at radius 2 is 2.43 bits per heavy atom. The summed E-state index contributed by atoms with van der Waals surface area (Å²) in [6.07, 6.45) is 0.903. The van der Waals surface area contributed by atoms with E-state index in [4.69, 9.17) is 0 Å². The Bertz CT molecular complexity index is 352. The average Bonchev–Trinajstić information content (AvgIpc) is 1.99. The van der Waals surface area contributed by atoms with Crippen LogP contribution in [0.15, 0.2) is 22.8 Å². The van der Waals surface area contributed by atoms with Crippen LogP contribution < -0.4 is 10.6 Å². The summed E-state index contributed by atoms with van der Waals surface area (Å²) in [6.45, 7) is 0.921. The Balaban J connectivity index is 1.99. The highest BCUT2D eigenvalue weighted by Crippen LogP contribution is 2.11. The van der Waals surface area contributed by atoms with Crippen molar-refractivity contribution in [1.29, 1.82) is 0 Å². The number of nitrogens with one attached hydrogen (secondary N) is 2. The molecule has 5 heteroatoms. The van der Waals surface area contributed by atoms with Crippen LogP contribution in [0.2, 0.25) is 0 Å². The lowest BCUT2D eigenvalue weighted by Crippen LogP contribution is -2.50. The molecule has 0 bridgehead atoms. The maximum absolute atomic E-state index is 11.5. The molecule has 74 valence electrons. The summed E-state index contributed by atoms with van der Waals surface area (Å²) in [5, 5.41) is 5.77. The monoisotopic (exact) mass is 255 g/mol. The molecule has 1 saturated heterocycles. The highest BCUT2D eigenvalue weighted by Gasteiger charge is 2.24. The standard InChI is InChI=1S/C9H10BrN3O/c10-7-2-1-3-8(12-7)13-9(14)6-4-5-11-6/h1-3,6,11H,4-5H2,(H,12,13,14)/t6-/m0/s1. The third kappa shape index (κ3) is 2.10. The minimum Gasteiger partial charge on any atom is -0.309 e. The van der Waals surface area contributed by atoms with Crippen LogP contribution >= 0.6 is 15.9 Å². The molecule has 1 aliphatic rings. The second-order valence-electron chi connectivity index (χ2n) is 3.13. The first kappa shape index (κ1) is 9.61. The number of hydrogen-bond acceptors (Lipinski definition) is 3. The van der Waals surface area contributed by atoms with E-state index in [1.807, 2.05) is 12.1 Å². The maximum Gasteiger partial charge on any atom is 0.242 e. The number of rotatable bonds is 2. The smallest absolute Gasteiger partial charge is 0.242 e. The molecule has 4 nitrogen and oxygen atoms in total. The maximum atomic E-state index is 11.5. The zero-order valence-corrected chi connectivity index (χ0v) is 9.04. The van der Waals surface area contributed by atoms with E-state index in [1.165, 1.54) is 0 Å². The molecule has 2 N–H and O–H groups in total. The van der Waals surface area contributed by atoms with Gasteiger partial charge in [-0.05, 0) is 41.0 Å². The van der Waals surface area contributed by atoms with Crippen LogP contribution in [-0.2, 0) is 4.79 Å². The number of aromatic nitrogens is 1. The third-order valence-corrected chi connectivity index (χ3v) is 2.55. The molecule has 0 aliphatic carbocycles. The minimum absolute atomic E-state index is 0.0122. The number of carbonyl (C=O) groups excluding carboxylic acids is 1. The zero-order chi connectivity index (χ0) is 9.97. The lowest BCUT2D eigenvalue weighted by molar-refractivity contribution is -0.119. The van der Waals surface area contributed by atoms with Crippen molar-refractivity contribution in [2.75, 3.05) is 11.9 Å². The molecule has 1 aliphatic heterocycles. The molecule has 0 saturated carbocycles. The Labute approximate surface area is 90.2 Å². The molecule has 14 heavy (non-hydrogen) atoms. The second kappa shape index (κ2) is 4.06. The molecular formula is C9H10BrN3O. The van der Waals surface area contributed by atoms with E-state index in [2.05, 4.69) is 31.5 Å². The summed E-state index contributed by atoms with van der Waals surface area (Å²) in [7, 11) is 0. The number of nitrogens with zero attached hydrogens (tertiary/aromatic N) is 1. The molecule has 0 radical (unpaired) electrons. The highest BCUT2D eigenvalue weighted by molar-refractivity contribution is 9.10. The molecule has 1 aromatic rings. The molecule has 0 unspecified atom stereocenters. The molecule has 1 amide bonds. The topological polar surface area (TPSA) is 54.0 Å². The lowest BCUT2D eigenvalue weighted by Gasteiger charge is -2.25. The molecular weight excluding hydrogens is 246 g/mol. The van der Waals surface area contributed by atoms with Crippen LogP contribution in [0.3, 0.4) is 0 Å². The quantitative estimate of drug-likeness (QED) is 0.780. The SMILES string of the molecule is O=C(Nc1cccc(Br)n1)[C@@H]1CCN1. The van der Waals surface area contributed by atoms with Gasteiger partial charge in [-0.2, -0.15) is 0 Å². The Morgan fingerprint density at radius 1 is 1.64 bits per heavy atom. The van der Waals surface area contributed by atoms with E-state index in [9.17, 15) is 4.79 Å². The van der Waals surface area contributed by atoms with Gasteiger partial charge >= 0.3 is 0 Å². The predicted octanol–water partition coefficient (Wildman–Crippen LogP) is 1.14. The number of hydrogen-bond donors (Lipinski definition) is 2. The van der Waals surface area contributed by atoms with E-state index in [-0.39, 0.29) is 11.9 Å². The van der Waals surface area contributed by atoms with E-state index in [0.717, 1.165) is 17.6 Å². The molecule has 0 aromatic carbocycles. The van der Waals surface area contributed by atoms with Crippen molar-refractivity contribution in [3.63, 3.8) is 0 Å². The van der Waals surface area contributed by atoms with Crippen LogP contribution in [0.25, 0.3) is 0 Å². The lowest BCUT2D eigenvalue weighted by atomic mass is 10.1. The number of pyridine rings is 1. The van der Waals surface area contributed by atoms with Crippen LogP contribution in [0.5, 0.6) is 0 Å². The first-order chi connectivity index (χ1) is 6.75. The fraction of sp³-hybridized carbons (Fsp3) is 0.333. The molecule has 2 rings (SSSR count). The fourth-order valence-corrected chi connectivity index (χ4v) is 1.55. The van der Waals surface area contributed by atoms with Crippen molar-refractivity contribution in [2.45, 2.75) is 12.5 Å². The van der Waals surface area contributed by atoms with Gasteiger partial charge in [0.05, 0.1) is 6.04 Å². The summed E-state index contributed by atoms with van der Waals surface area (Å²) in [6, 6.07) is 5.37. The van der Waals surface area contributed by atoms with Crippen molar-refractivity contribution in [2.24, 2.45) is 0 Å². The van der Waals surface area contributed by atoms with Gasteiger partial charge in [0, 0.05) is 0 Å². The average molecular weight is 256 g/mol. The van der Waals surface area contributed by atoms with Crippen LogP contribution in [0, 0.1) is 0 Å². The van der Waals surface area contributed by atoms with Crippen molar-refractivity contribution in [3.05, 3.63) is 22.8 Å². The van der Waals surface area contributed by atoms with Gasteiger partial charge in [-0.15, -0.1) is 0 Å². The van der Waals surface area contributed by atoms with E-state index >= 15 is 0 Å². The van der Waals surface area contributed by atoms with Crippen molar-refractivity contribution >= 4 is 27.7 Å². The van der Waals surface area contributed by atoms with Crippen LogP contribution in [0.1, 0.15) is 6.42 Å². The van der Waals surface area contributed by atoms with Gasteiger partial charge in [0.25, 0.3) is 0 Å². The van der Waals surface area contributed by atoms with Crippen LogP contribution in [-0.4, -0.2) is 23.5 Å². The molecule has 2 heterocycles. The van der Waals surface area contributed by atoms with Gasteiger partial charge < -0.3 is 10.6 Å². The van der Waals surface area contributed by atoms with Crippen molar-refractivity contribution < 1.29 is 4.79 Å². The van der Waals surface area contributed by atoms with Gasteiger partial charge in [0.2, 0.25) is 5.91 Å². The number of halogens is 1. The highest BCUT2D eigenvalue weighted by atomic mass is 79.9. The summed E-state index contributed by atoms with van der Waals surface area (Å²) in [5.74, 6) is 0.569. The van der Waals surface area contributed by atoms with Gasteiger partial charge in [-0.3, -0.25) is 4.79 Å². The van der Waals surface area contributed by atoms with Crippen LogP contribution in [0.4, 0.5) is 5.82 Å². The third-order valence-electron chi connectivity index (χ3n) is 2.11. The second-order valence-corrected chi connectivity index (χ2v) is 3.94. The Hall–Kier alpha value is -0.940. The summed E-state index contributed by atoms with van der Waals surface area (Å²) in [4.78, 5) is 15.6. The largest absolute Gasteiger partial charge is 0.309 e. The van der Waals surface area contributed by atoms with Gasteiger partial charge in [-0.1, -0.05) is 6.07 Å². The van der Waals surface area contributed by atoms with E-state index in [0.29, 0.717) is 5.82 Å². The predicted molar refractivity (Wildman–Crippen MR) is 57.0 cm³/mol. The van der Waals surface area contributed by atoms with Gasteiger partial charge in [-0.25, -0.2) is 4.98 Å². The van der Waals surface area contributed by atoms with Crippen molar-refractivity contribution in [3.8, 4) is 0 Å². The van der Waals surface area contributed by atoms with Crippen molar-refractivity contribution in [1.82, 2.24) is 10.3 Å². The number of amides is 1. The summed E-state index contributed by atoms with van der Waals surface area (Å²) in [5.41, 5.74) is 0. The minimum atomic E-state index is -0.0456. The molecule has 1 atom stereocenters. The Morgan fingerprint density at radius 3 is 3.00 bits per heavy atom. The zero-order valence-electron chi connectivity index (χ0n) is 7.46. The first-order valence-electron chi connectivity index (χ1n) is 4.42. The fourth-order valence-electron chi connectivity index (χ4n) is 1.20. The number of anilines is 1. The van der Waals surface area contributed by atoms with Gasteiger partial charge in [0.1, 0.15) is 10.4 Å². The Kier molecular flexibility index (Phi) is 2.79. The normalized spacial score (nSPS) is 19.9. The van der Waals surface area contributed by atoms with Gasteiger partial charge in [0.15, 0.2) is 0 Å². The van der Waals surface area contributed by atoms with E-state index < -0.39 is 0 Å². The summed E-state index contributed by atoms with van der Waals surface area (Å²) < 4.78 is 0.719. The molecule has 0 spiro atoms. The number of carbonyl (C=O) groups is 1. The summed E-state index contributed by atoms with van der Waals surface area (Å²) >= 11 is 3.24. The first-order valence-corrected chi connectivity index (χ1v) is 5.22. The van der Waals surface area contributed by atoms with E-state index in [1.54, 1.807) is 6.07 Å².